The summed E-state index contributed by atoms with van der Waals surface area (Å²) in [5, 5.41) is 0. The number of hydrogen-bond acceptors (Lipinski definition) is 3. The van der Waals surface area contributed by atoms with E-state index in [0.29, 0.717) is 17.7 Å². The van der Waals surface area contributed by atoms with Crippen LogP contribution in [0.1, 0.15) is 34.1 Å². The molecule has 0 bridgehead atoms. The minimum absolute atomic E-state index is 0.00431. The van der Waals surface area contributed by atoms with Gasteiger partial charge in [0.25, 0.3) is 5.91 Å². The van der Waals surface area contributed by atoms with Crippen LogP contribution >= 0.6 is 0 Å². The summed E-state index contributed by atoms with van der Waals surface area (Å²) in [4.78, 5) is 25.1. The lowest BCUT2D eigenvalue weighted by molar-refractivity contribution is 0.0724. The number of methoxy groups -OCH3 is 1. The lowest BCUT2D eigenvalue weighted by atomic mass is 10.1. The van der Waals surface area contributed by atoms with Crippen LogP contribution in [0, 0.1) is 0 Å². The molecular weight excluding hydrogens is 230 g/mol. The Hall–Kier alpha value is -1.68. The zero-order valence-corrected chi connectivity index (χ0v) is 10.7. The van der Waals surface area contributed by atoms with Gasteiger partial charge < -0.3 is 9.64 Å². The molecule has 18 heavy (non-hydrogen) atoms. The predicted molar refractivity (Wildman–Crippen MR) is 67.8 cm³/mol. The zero-order valence-electron chi connectivity index (χ0n) is 10.7. The normalized spacial score (nSPS) is 19.0. The number of likely N-dealkylation sites (tertiary alicyclic amines) is 1. The van der Waals surface area contributed by atoms with Crippen LogP contribution in [0.15, 0.2) is 24.3 Å². The van der Waals surface area contributed by atoms with E-state index in [9.17, 15) is 9.59 Å². The van der Waals surface area contributed by atoms with Crippen molar-refractivity contribution in [1.29, 1.82) is 0 Å². The molecule has 1 aromatic carbocycles. The van der Waals surface area contributed by atoms with Gasteiger partial charge in [-0.3, -0.25) is 9.59 Å². The highest BCUT2D eigenvalue weighted by Gasteiger charge is 2.26. The van der Waals surface area contributed by atoms with Crippen LogP contribution in [0.25, 0.3) is 0 Å². The molecule has 0 saturated carbocycles. The smallest absolute Gasteiger partial charge is 0.253 e. The van der Waals surface area contributed by atoms with E-state index in [1.54, 1.807) is 36.3 Å². The maximum absolute atomic E-state index is 12.2. The van der Waals surface area contributed by atoms with Gasteiger partial charge in [0, 0.05) is 31.3 Å². The molecule has 1 aliphatic heterocycles. The van der Waals surface area contributed by atoms with Crippen molar-refractivity contribution in [3.05, 3.63) is 35.4 Å². The van der Waals surface area contributed by atoms with Crippen molar-refractivity contribution in [2.24, 2.45) is 0 Å². The Labute approximate surface area is 107 Å². The first kappa shape index (κ1) is 12.8. The van der Waals surface area contributed by atoms with Crippen molar-refractivity contribution in [1.82, 2.24) is 4.90 Å². The standard InChI is InChI=1S/C14H17NO3/c1-10(16)11-3-5-12(6-4-11)14(17)15-8-7-13(9-15)18-2/h3-6,13H,7-9H2,1-2H3/t13-/m1/s1. The molecule has 0 N–H and O–H groups in total. The average molecular weight is 247 g/mol. The van der Waals surface area contributed by atoms with Crippen LogP contribution in [-0.4, -0.2) is 42.9 Å². The largest absolute Gasteiger partial charge is 0.380 e. The fourth-order valence-electron chi connectivity index (χ4n) is 2.14. The number of Topliss-reactive ketones (excluding diaryl/α,β-unsaturated/α-hetero) is 1. The molecule has 1 amide bonds. The molecule has 4 nitrogen and oxygen atoms in total. The molecule has 1 atom stereocenters. The summed E-state index contributed by atoms with van der Waals surface area (Å²) in [7, 11) is 1.67. The van der Waals surface area contributed by atoms with Crippen molar-refractivity contribution >= 4 is 11.7 Å². The third-order valence-electron chi connectivity index (χ3n) is 3.30. The summed E-state index contributed by atoms with van der Waals surface area (Å²) in [5.41, 5.74) is 1.25. The minimum atomic E-state index is 0.00431. The number of ketones is 1. The van der Waals surface area contributed by atoms with E-state index < -0.39 is 0 Å². The number of hydrogen-bond donors (Lipinski definition) is 0. The molecule has 1 aromatic rings. The fraction of sp³-hybridized carbons (Fsp3) is 0.429. The molecule has 0 aromatic heterocycles. The summed E-state index contributed by atoms with van der Waals surface area (Å²) in [6, 6.07) is 6.80. The van der Waals surface area contributed by atoms with Gasteiger partial charge in [0.05, 0.1) is 6.10 Å². The first-order valence-electron chi connectivity index (χ1n) is 6.05. The molecule has 96 valence electrons. The predicted octanol–water partition coefficient (Wildman–Crippen LogP) is 1.75. The molecule has 4 heteroatoms. The van der Waals surface area contributed by atoms with E-state index in [0.717, 1.165) is 13.0 Å². The fourth-order valence-corrected chi connectivity index (χ4v) is 2.14. The van der Waals surface area contributed by atoms with Gasteiger partial charge in [0.2, 0.25) is 0 Å². The SMILES string of the molecule is CO[C@@H]1CCN(C(=O)c2ccc(C(C)=O)cc2)C1. The zero-order chi connectivity index (χ0) is 13.1. The monoisotopic (exact) mass is 247 g/mol. The van der Waals surface area contributed by atoms with Gasteiger partial charge in [-0.05, 0) is 25.5 Å². The maximum atomic E-state index is 12.2. The highest BCUT2D eigenvalue weighted by molar-refractivity contribution is 5.97. The number of nitrogens with zero attached hydrogens (tertiary/aromatic N) is 1. The highest BCUT2D eigenvalue weighted by atomic mass is 16.5. The molecule has 2 rings (SSSR count). The summed E-state index contributed by atoms with van der Waals surface area (Å²) in [6.45, 7) is 2.88. The van der Waals surface area contributed by atoms with Crippen LogP contribution in [0.4, 0.5) is 0 Å². The van der Waals surface area contributed by atoms with E-state index in [4.69, 9.17) is 4.74 Å². The molecule has 0 aliphatic carbocycles. The minimum Gasteiger partial charge on any atom is -0.380 e. The van der Waals surface area contributed by atoms with Crippen molar-refractivity contribution in [3.8, 4) is 0 Å². The lowest BCUT2D eigenvalue weighted by Gasteiger charge is -2.16. The highest BCUT2D eigenvalue weighted by Crippen LogP contribution is 2.16. The average Bonchev–Trinajstić information content (AvgIpc) is 2.86. The van der Waals surface area contributed by atoms with Crippen LogP contribution in [0.3, 0.4) is 0 Å². The quantitative estimate of drug-likeness (QED) is 0.764. The Morgan fingerprint density at radius 1 is 1.22 bits per heavy atom. The van der Waals surface area contributed by atoms with Crippen LogP contribution in [0.2, 0.25) is 0 Å². The number of carbonyl (C=O) groups is 2. The Morgan fingerprint density at radius 2 is 1.83 bits per heavy atom. The number of amides is 1. The first-order valence-corrected chi connectivity index (χ1v) is 6.05. The molecule has 0 spiro atoms. The number of carbonyl (C=O) groups excluding carboxylic acids is 2. The molecule has 0 radical (unpaired) electrons. The van der Waals surface area contributed by atoms with Crippen LogP contribution < -0.4 is 0 Å². The van der Waals surface area contributed by atoms with Gasteiger partial charge in [-0.25, -0.2) is 0 Å². The van der Waals surface area contributed by atoms with Crippen molar-refractivity contribution in [2.75, 3.05) is 20.2 Å². The number of rotatable bonds is 3. The van der Waals surface area contributed by atoms with Crippen LogP contribution in [-0.2, 0) is 4.74 Å². The lowest BCUT2D eigenvalue weighted by Crippen LogP contribution is -2.29. The molecule has 1 saturated heterocycles. The van der Waals surface area contributed by atoms with E-state index in [1.165, 1.54) is 6.92 Å². The van der Waals surface area contributed by atoms with Gasteiger partial charge in [0.1, 0.15) is 0 Å². The number of benzene rings is 1. The van der Waals surface area contributed by atoms with E-state index in [1.807, 2.05) is 0 Å². The second kappa shape index (κ2) is 5.31. The Kier molecular flexibility index (Phi) is 3.77. The second-order valence-electron chi connectivity index (χ2n) is 4.53. The molecular formula is C14H17NO3. The van der Waals surface area contributed by atoms with E-state index in [-0.39, 0.29) is 17.8 Å². The van der Waals surface area contributed by atoms with Gasteiger partial charge in [0.15, 0.2) is 5.78 Å². The number of ether oxygens (including phenoxy) is 1. The molecule has 1 heterocycles. The van der Waals surface area contributed by atoms with E-state index >= 15 is 0 Å². The van der Waals surface area contributed by atoms with Crippen molar-refractivity contribution in [3.63, 3.8) is 0 Å². The summed E-state index contributed by atoms with van der Waals surface area (Å²) in [6.07, 6.45) is 1.03. The topological polar surface area (TPSA) is 46.6 Å². The van der Waals surface area contributed by atoms with Gasteiger partial charge in [-0.15, -0.1) is 0 Å². The maximum Gasteiger partial charge on any atom is 0.253 e. The molecule has 0 unspecified atom stereocenters. The third-order valence-corrected chi connectivity index (χ3v) is 3.30. The molecule has 1 aliphatic rings. The van der Waals surface area contributed by atoms with Crippen molar-refractivity contribution in [2.45, 2.75) is 19.4 Å². The second-order valence-corrected chi connectivity index (χ2v) is 4.53. The van der Waals surface area contributed by atoms with Crippen LogP contribution in [0.5, 0.6) is 0 Å². The molecule has 1 fully saturated rings. The summed E-state index contributed by atoms with van der Waals surface area (Å²) >= 11 is 0. The Bertz CT molecular complexity index is 453. The Balaban J connectivity index is 2.07. The summed E-state index contributed by atoms with van der Waals surface area (Å²) in [5.74, 6) is 0.0132. The Morgan fingerprint density at radius 3 is 2.33 bits per heavy atom. The summed E-state index contributed by atoms with van der Waals surface area (Å²) < 4.78 is 5.24. The van der Waals surface area contributed by atoms with Crippen molar-refractivity contribution < 1.29 is 14.3 Å². The van der Waals surface area contributed by atoms with Gasteiger partial charge in [-0.2, -0.15) is 0 Å². The van der Waals surface area contributed by atoms with Gasteiger partial charge >= 0.3 is 0 Å². The van der Waals surface area contributed by atoms with E-state index in [2.05, 4.69) is 0 Å². The van der Waals surface area contributed by atoms with Gasteiger partial charge in [-0.1, -0.05) is 12.1 Å². The first-order chi connectivity index (χ1) is 8.61. The third kappa shape index (κ3) is 2.59.